The van der Waals surface area contributed by atoms with Gasteiger partial charge in [-0.1, -0.05) is 19.1 Å². The molecule has 0 bridgehead atoms. The third-order valence-corrected chi connectivity index (χ3v) is 2.74. The molecule has 2 rings (SSSR count). The molecule has 0 saturated heterocycles. The number of halogens is 3. The first-order chi connectivity index (χ1) is 7.95. The Labute approximate surface area is 95.7 Å². The monoisotopic (exact) mass is 244 g/mol. The molecule has 1 aromatic carbocycles. The molecule has 0 aliphatic rings. The number of furan rings is 1. The number of benzene rings is 1. The molecule has 1 N–H and O–H groups in total. The Morgan fingerprint density at radius 2 is 2.06 bits per heavy atom. The summed E-state index contributed by atoms with van der Waals surface area (Å²) < 4.78 is 43.1. The van der Waals surface area contributed by atoms with E-state index in [1.165, 1.54) is 12.3 Å². The van der Waals surface area contributed by atoms with Crippen LogP contribution in [0, 0.1) is 0 Å². The molecule has 1 aromatic heterocycles. The van der Waals surface area contributed by atoms with Crippen LogP contribution in [0.25, 0.3) is 11.0 Å². The Morgan fingerprint density at radius 1 is 1.35 bits per heavy atom. The molecule has 5 heteroatoms. The fourth-order valence-corrected chi connectivity index (χ4v) is 1.78. The normalized spacial score (nSPS) is 14.2. The van der Waals surface area contributed by atoms with Gasteiger partial charge in [-0.25, -0.2) is 0 Å². The molecule has 0 fully saturated rings. The van der Waals surface area contributed by atoms with Gasteiger partial charge in [0.05, 0.1) is 11.8 Å². The van der Waals surface area contributed by atoms with Crippen LogP contribution in [0.4, 0.5) is 13.2 Å². The summed E-state index contributed by atoms with van der Waals surface area (Å²) in [7, 11) is 0. The van der Waals surface area contributed by atoms with Crippen LogP contribution in [0.3, 0.4) is 0 Å². The van der Waals surface area contributed by atoms with E-state index in [-0.39, 0.29) is 18.1 Å². The number of hydrogen-bond acceptors (Lipinski definition) is 2. The maximum Gasteiger partial charge on any atom is 0.420 e. The Morgan fingerprint density at radius 3 is 2.65 bits per heavy atom. The summed E-state index contributed by atoms with van der Waals surface area (Å²) in [6, 6.07) is 3.89. The number of alkyl halides is 3. The van der Waals surface area contributed by atoms with Crippen molar-refractivity contribution in [2.75, 3.05) is 6.61 Å². The van der Waals surface area contributed by atoms with E-state index >= 15 is 0 Å². The molecular weight excluding hydrogens is 233 g/mol. The molecule has 92 valence electrons. The van der Waals surface area contributed by atoms with Gasteiger partial charge in [0.2, 0.25) is 0 Å². The summed E-state index contributed by atoms with van der Waals surface area (Å²) in [5.41, 5.74) is -0.365. The molecule has 0 aliphatic carbocycles. The Hall–Kier alpha value is -1.49. The summed E-state index contributed by atoms with van der Waals surface area (Å²) in [4.78, 5) is 0. The smallest absolute Gasteiger partial charge is 0.420 e. The first kappa shape index (κ1) is 12.0. The highest BCUT2D eigenvalue weighted by Gasteiger charge is 2.34. The van der Waals surface area contributed by atoms with Crippen LogP contribution < -0.4 is 0 Å². The second kappa shape index (κ2) is 4.07. The lowest BCUT2D eigenvalue weighted by Crippen LogP contribution is -2.05. The predicted molar refractivity (Wildman–Crippen MR) is 56.7 cm³/mol. The van der Waals surface area contributed by atoms with Gasteiger partial charge in [0.15, 0.2) is 0 Å². The lowest BCUT2D eigenvalue weighted by molar-refractivity contribution is -0.136. The van der Waals surface area contributed by atoms with Crippen molar-refractivity contribution < 1.29 is 22.7 Å². The molecule has 1 atom stereocenters. The highest BCUT2D eigenvalue weighted by Crippen LogP contribution is 2.37. The Bertz CT molecular complexity index is 528. The Kier molecular flexibility index (Phi) is 2.87. The third kappa shape index (κ3) is 2.02. The molecule has 0 saturated carbocycles. The van der Waals surface area contributed by atoms with E-state index in [0.29, 0.717) is 10.9 Å². The molecule has 1 unspecified atom stereocenters. The number of aliphatic hydroxyl groups is 1. The minimum Gasteiger partial charge on any atom is -0.463 e. The van der Waals surface area contributed by atoms with Crippen molar-refractivity contribution in [2.24, 2.45) is 0 Å². The van der Waals surface area contributed by atoms with Crippen LogP contribution in [0.1, 0.15) is 24.0 Å². The fourth-order valence-electron chi connectivity index (χ4n) is 1.78. The lowest BCUT2D eigenvalue weighted by Gasteiger charge is -2.08. The van der Waals surface area contributed by atoms with Crippen molar-refractivity contribution in [3.05, 3.63) is 35.6 Å². The summed E-state index contributed by atoms with van der Waals surface area (Å²) in [6.07, 6.45) is -3.15. The molecule has 0 amide bonds. The number of rotatable bonds is 2. The van der Waals surface area contributed by atoms with E-state index in [1.807, 2.05) is 0 Å². The molecule has 2 nitrogen and oxygen atoms in total. The van der Waals surface area contributed by atoms with Crippen LogP contribution >= 0.6 is 0 Å². The molecule has 0 aliphatic heterocycles. The molecule has 0 spiro atoms. The van der Waals surface area contributed by atoms with Crippen molar-refractivity contribution in [3.63, 3.8) is 0 Å². The quantitative estimate of drug-likeness (QED) is 0.876. The summed E-state index contributed by atoms with van der Waals surface area (Å²) in [5, 5.41) is 9.44. The standard InChI is InChI=1S/C12H11F3O2/c1-7(5-16)9-6-17-11-8(9)3-2-4-10(11)12(13,14)15/h2-4,6-7,16H,5H2,1H3. The van der Waals surface area contributed by atoms with Crippen molar-refractivity contribution in [2.45, 2.75) is 19.0 Å². The number of fused-ring (bicyclic) bond motifs is 1. The van der Waals surface area contributed by atoms with E-state index in [2.05, 4.69) is 0 Å². The highest BCUT2D eigenvalue weighted by molar-refractivity contribution is 5.84. The number of aliphatic hydroxyl groups excluding tert-OH is 1. The van der Waals surface area contributed by atoms with Gasteiger partial charge in [-0.2, -0.15) is 13.2 Å². The van der Waals surface area contributed by atoms with Crippen LogP contribution in [0.15, 0.2) is 28.9 Å². The SMILES string of the molecule is CC(CO)c1coc2c(C(F)(F)F)cccc12. The van der Waals surface area contributed by atoms with Crippen molar-refractivity contribution >= 4 is 11.0 Å². The van der Waals surface area contributed by atoms with E-state index < -0.39 is 11.7 Å². The molecule has 1 heterocycles. The van der Waals surface area contributed by atoms with E-state index in [1.54, 1.807) is 13.0 Å². The molecular formula is C12H11F3O2. The predicted octanol–water partition coefficient (Wildman–Crippen LogP) is 3.55. The maximum absolute atomic E-state index is 12.7. The minimum absolute atomic E-state index is 0.134. The second-order valence-corrected chi connectivity index (χ2v) is 3.95. The zero-order valence-electron chi connectivity index (χ0n) is 9.08. The van der Waals surface area contributed by atoms with E-state index in [9.17, 15) is 13.2 Å². The van der Waals surface area contributed by atoms with Crippen LogP contribution in [-0.2, 0) is 6.18 Å². The van der Waals surface area contributed by atoms with Crippen molar-refractivity contribution in [1.82, 2.24) is 0 Å². The summed E-state index contributed by atoms with van der Waals surface area (Å²) >= 11 is 0. The topological polar surface area (TPSA) is 33.4 Å². The van der Waals surface area contributed by atoms with Gasteiger partial charge in [0.25, 0.3) is 0 Å². The fraction of sp³-hybridized carbons (Fsp3) is 0.333. The first-order valence-electron chi connectivity index (χ1n) is 5.13. The molecule has 0 radical (unpaired) electrons. The van der Waals surface area contributed by atoms with Gasteiger partial charge in [-0.05, 0) is 6.07 Å². The van der Waals surface area contributed by atoms with Crippen molar-refractivity contribution in [3.8, 4) is 0 Å². The second-order valence-electron chi connectivity index (χ2n) is 3.95. The number of hydrogen-bond donors (Lipinski definition) is 1. The van der Waals surface area contributed by atoms with Crippen LogP contribution in [0.2, 0.25) is 0 Å². The summed E-state index contributed by atoms with van der Waals surface area (Å²) in [5.74, 6) is -0.250. The highest BCUT2D eigenvalue weighted by atomic mass is 19.4. The van der Waals surface area contributed by atoms with Gasteiger partial charge in [-0.3, -0.25) is 0 Å². The van der Waals surface area contributed by atoms with Gasteiger partial charge in [0.1, 0.15) is 5.58 Å². The Balaban J connectivity index is 2.65. The molecule has 17 heavy (non-hydrogen) atoms. The average Bonchev–Trinajstić information content (AvgIpc) is 2.69. The van der Waals surface area contributed by atoms with Crippen molar-refractivity contribution in [1.29, 1.82) is 0 Å². The number of para-hydroxylation sites is 1. The van der Waals surface area contributed by atoms with Gasteiger partial charge < -0.3 is 9.52 Å². The summed E-state index contributed by atoms with van der Waals surface area (Å²) in [6.45, 7) is 1.59. The largest absolute Gasteiger partial charge is 0.463 e. The zero-order chi connectivity index (χ0) is 12.6. The zero-order valence-corrected chi connectivity index (χ0v) is 9.08. The third-order valence-electron chi connectivity index (χ3n) is 2.74. The first-order valence-corrected chi connectivity index (χ1v) is 5.13. The van der Waals surface area contributed by atoms with E-state index in [0.717, 1.165) is 6.07 Å². The maximum atomic E-state index is 12.7. The van der Waals surface area contributed by atoms with E-state index in [4.69, 9.17) is 9.52 Å². The van der Waals surface area contributed by atoms with Crippen LogP contribution in [0.5, 0.6) is 0 Å². The minimum atomic E-state index is -4.43. The van der Waals surface area contributed by atoms with Gasteiger partial charge >= 0.3 is 6.18 Å². The van der Waals surface area contributed by atoms with Gasteiger partial charge in [0, 0.05) is 23.5 Å². The average molecular weight is 244 g/mol. The van der Waals surface area contributed by atoms with Crippen LogP contribution in [-0.4, -0.2) is 11.7 Å². The molecule has 2 aromatic rings. The lowest BCUT2D eigenvalue weighted by atomic mass is 10.00. The van der Waals surface area contributed by atoms with Gasteiger partial charge in [-0.15, -0.1) is 0 Å².